The zero-order valence-corrected chi connectivity index (χ0v) is 11.2. The fraction of sp³-hybridized carbons (Fsp3) is 0.364. The van der Waals surface area contributed by atoms with Crippen LogP contribution in [0.2, 0.25) is 0 Å². The van der Waals surface area contributed by atoms with Gasteiger partial charge in [0.05, 0.1) is 11.7 Å². The van der Waals surface area contributed by atoms with E-state index in [2.05, 4.69) is 21.2 Å². The van der Waals surface area contributed by atoms with Crippen LogP contribution in [0.4, 0.5) is 10.1 Å². The minimum absolute atomic E-state index is 0.177. The molecule has 1 N–H and O–H groups in total. The third-order valence-corrected chi connectivity index (χ3v) is 3.46. The average molecular weight is 322 g/mol. The summed E-state index contributed by atoms with van der Waals surface area (Å²) in [6.07, 6.45) is -0.799. The van der Waals surface area contributed by atoms with Gasteiger partial charge in [-0.05, 0) is 18.2 Å². The van der Waals surface area contributed by atoms with Gasteiger partial charge in [0.2, 0.25) is 0 Å². The summed E-state index contributed by atoms with van der Waals surface area (Å²) >= 11 is 9.26. The molecule has 1 aromatic rings. The summed E-state index contributed by atoms with van der Waals surface area (Å²) in [4.78, 5) is 12.0. The quantitative estimate of drug-likeness (QED) is 0.849. The van der Waals surface area contributed by atoms with Crippen molar-refractivity contribution in [2.75, 3.05) is 11.0 Å². The maximum Gasteiger partial charge on any atom is 0.258 e. The van der Waals surface area contributed by atoms with E-state index in [0.717, 1.165) is 8.89 Å². The van der Waals surface area contributed by atoms with E-state index in [-0.39, 0.29) is 18.9 Å². The molecular formula is C11H11BrClFN2O. The lowest BCUT2D eigenvalue weighted by Gasteiger charge is -2.18. The van der Waals surface area contributed by atoms with Gasteiger partial charge in [-0.15, -0.1) is 0 Å². The second-order valence-corrected chi connectivity index (χ2v) is 5.15. The first-order valence-corrected chi connectivity index (χ1v) is 6.34. The SMILES string of the molecule is O=C([C@@H]1C[C@@H](F)CN1)N(Cl)c1cccc(Br)c1. The number of nitrogens with one attached hydrogen (secondary N) is 1. The van der Waals surface area contributed by atoms with E-state index >= 15 is 0 Å². The molecule has 0 spiro atoms. The highest BCUT2D eigenvalue weighted by molar-refractivity contribution is 9.10. The fourth-order valence-electron chi connectivity index (χ4n) is 1.74. The topological polar surface area (TPSA) is 32.3 Å². The van der Waals surface area contributed by atoms with Crippen LogP contribution >= 0.6 is 27.7 Å². The number of nitrogens with zero attached hydrogens (tertiary/aromatic N) is 1. The molecule has 1 fully saturated rings. The molecule has 92 valence electrons. The fourth-order valence-corrected chi connectivity index (χ4v) is 2.35. The summed E-state index contributed by atoms with van der Waals surface area (Å²) < 4.78 is 14.8. The molecule has 1 saturated heterocycles. The number of halogens is 3. The Bertz CT molecular complexity index is 432. The van der Waals surface area contributed by atoms with Crippen LogP contribution in [-0.2, 0) is 4.79 Å². The average Bonchev–Trinajstić information content (AvgIpc) is 2.74. The Morgan fingerprint density at radius 2 is 2.35 bits per heavy atom. The van der Waals surface area contributed by atoms with E-state index in [1.165, 1.54) is 0 Å². The molecular weight excluding hydrogens is 310 g/mol. The van der Waals surface area contributed by atoms with Gasteiger partial charge in [-0.3, -0.25) is 4.79 Å². The Kier molecular flexibility index (Phi) is 4.01. The first kappa shape index (κ1) is 12.8. The summed E-state index contributed by atoms with van der Waals surface area (Å²) in [6, 6.07) is 6.53. The Morgan fingerprint density at radius 1 is 1.59 bits per heavy atom. The molecule has 1 heterocycles. The number of amides is 1. The minimum Gasteiger partial charge on any atom is -0.303 e. The highest BCUT2D eigenvalue weighted by Gasteiger charge is 2.32. The van der Waals surface area contributed by atoms with Crippen LogP contribution in [0.3, 0.4) is 0 Å². The van der Waals surface area contributed by atoms with Gasteiger partial charge in [0, 0.05) is 29.2 Å². The number of carbonyl (C=O) groups is 1. The van der Waals surface area contributed by atoms with E-state index < -0.39 is 12.2 Å². The van der Waals surface area contributed by atoms with Crippen LogP contribution in [0, 0.1) is 0 Å². The van der Waals surface area contributed by atoms with Crippen molar-refractivity contribution in [2.24, 2.45) is 0 Å². The molecule has 1 aliphatic heterocycles. The summed E-state index contributed by atoms with van der Waals surface area (Å²) in [5.41, 5.74) is 0.565. The van der Waals surface area contributed by atoms with Crippen molar-refractivity contribution in [2.45, 2.75) is 18.6 Å². The summed E-state index contributed by atoms with van der Waals surface area (Å²) in [5, 5.41) is 2.81. The molecule has 3 nitrogen and oxygen atoms in total. The summed E-state index contributed by atoms with van der Waals surface area (Å²) in [7, 11) is 0. The van der Waals surface area contributed by atoms with Crippen molar-refractivity contribution in [1.29, 1.82) is 0 Å². The molecule has 0 radical (unpaired) electrons. The van der Waals surface area contributed by atoms with E-state index in [9.17, 15) is 9.18 Å². The van der Waals surface area contributed by atoms with Crippen molar-refractivity contribution in [3.63, 3.8) is 0 Å². The minimum atomic E-state index is -0.975. The predicted molar refractivity (Wildman–Crippen MR) is 68.8 cm³/mol. The number of benzene rings is 1. The molecule has 0 aromatic heterocycles. The number of anilines is 1. The second kappa shape index (κ2) is 5.33. The lowest BCUT2D eigenvalue weighted by Crippen LogP contribution is -2.39. The smallest absolute Gasteiger partial charge is 0.258 e. The van der Waals surface area contributed by atoms with Crippen molar-refractivity contribution in [3.05, 3.63) is 28.7 Å². The third kappa shape index (κ3) is 2.97. The Labute approximate surface area is 112 Å². The number of alkyl halides is 1. The number of hydrogen-bond acceptors (Lipinski definition) is 2. The van der Waals surface area contributed by atoms with Crippen LogP contribution in [0.25, 0.3) is 0 Å². The van der Waals surface area contributed by atoms with Crippen LogP contribution in [0.1, 0.15) is 6.42 Å². The van der Waals surface area contributed by atoms with E-state index in [1.54, 1.807) is 18.2 Å². The molecule has 2 rings (SSSR count). The molecule has 1 amide bonds. The molecule has 1 aromatic carbocycles. The van der Waals surface area contributed by atoms with Crippen LogP contribution in [-0.4, -0.2) is 24.7 Å². The summed E-state index contributed by atoms with van der Waals surface area (Å²) in [6.45, 7) is 0.208. The lowest BCUT2D eigenvalue weighted by molar-refractivity contribution is -0.119. The Hall–Kier alpha value is -0.650. The second-order valence-electron chi connectivity index (χ2n) is 3.89. The zero-order chi connectivity index (χ0) is 12.4. The van der Waals surface area contributed by atoms with Gasteiger partial charge < -0.3 is 5.32 Å². The van der Waals surface area contributed by atoms with Gasteiger partial charge in [-0.2, -0.15) is 0 Å². The van der Waals surface area contributed by atoms with E-state index in [1.807, 2.05) is 6.07 Å². The van der Waals surface area contributed by atoms with Gasteiger partial charge in [-0.1, -0.05) is 22.0 Å². The van der Waals surface area contributed by atoms with Crippen molar-refractivity contribution in [3.8, 4) is 0 Å². The highest BCUT2D eigenvalue weighted by Crippen LogP contribution is 2.23. The predicted octanol–water partition coefficient (Wildman–Crippen LogP) is 2.64. The Balaban J connectivity index is 2.09. The van der Waals surface area contributed by atoms with Gasteiger partial charge in [0.15, 0.2) is 0 Å². The molecule has 1 aliphatic rings. The standard InChI is InChI=1S/C11H11BrClFN2O/c12-7-2-1-3-9(4-7)16(13)11(17)10-5-8(14)6-15-10/h1-4,8,10,15H,5-6H2/t8-,10+/m1/s1. The van der Waals surface area contributed by atoms with Crippen LogP contribution < -0.4 is 9.74 Å². The molecule has 0 saturated carbocycles. The van der Waals surface area contributed by atoms with E-state index in [0.29, 0.717) is 5.69 Å². The number of hydrogen-bond donors (Lipinski definition) is 1. The van der Waals surface area contributed by atoms with Crippen molar-refractivity contribution in [1.82, 2.24) is 5.32 Å². The molecule has 0 unspecified atom stereocenters. The third-order valence-electron chi connectivity index (χ3n) is 2.60. The van der Waals surface area contributed by atoms with E-state index in [4.69, 9.17) is 11.8 Å². The van der Waals surface area contributed by atoms with Crippen molar-refractivity contribution >= 4 is 39.3 Å². The lowest BCUT2D eigenvalue weighted by atomic mass is 10.2. The zero-order valence-electron chi connectivity index (χ0n) is 8.87. The van der Waals surface area contributed by atoms with Gasteiger partial charge in [0.1, 0.15) is 6.17 Å². The van der Waals surface area contributed by atoms with Crippen molar-refractivity contribution < 1.29 is 9.18 Å². The van der Waals surface area contributed by atoms with Crippen LogP contribution in [0.15, 0.2) is 28.7 Å². The monoisotopic (exact) mass is 320 g/mol. The maximum absolute atomic E-state index is 13.0. The molecule has 0 bridgehead atoms. The molecule has 17 heavy (non-hydrogen) atoms. The molecule has 2 atom stereocenters. The normalized spacial score (nSPS) is 23.7. The van der Waals surface area contributed by atoms with Gasteiger partial charge in [0.25, 0.3) is 5.91 Å². The van der Waals surface area contributed by atoms with Gasteiger partial charge >= 0.3 is 0 Å². The highest BCUT2D eigenvalue weighted by atomic mass is 79.9. The first-order valence-electron chi connectivity index (χ1n) is 5.20. The van der Waals surface area contributed by atoms with Crippen LogP contribution in [0.5, 0.6) is 0 Å². The Morgan fingerprint density at radius 3 is 2.94 bits per heavy atom. The largest absolute Gasteiger partial charge is 0.303 e. The maximum atomic E-state index is 13.0. The summed E-state index contributed by atoms with van der Waals surface area (Å²) in [5.74, 6) is -0.329. The number of carbonyl (C=O) groups excluding carboxylic acids is 1. The first-order chi connectivity index (χ1) is 8.08. The molecule has 0 aliphatic carbocycles. The number of rotatable bonds is 2. The molecule has 6 heteroatoms. The van der Waals surface area contributed by atoms with Gasteiger partial charge in [-0.25, -0.2) is 8.81 Å².